The molecule has 2 amide bonds. The van der Waals surface area contributed by atoms with E-state index in [1.165, 1.54) is 25.9 Å². The highest BCUT2D eigenvalue weighted by Gasteiger charge is 2.30. The third kappa shape index (κ3) is 5.96. The minimum atomic E-state index is -0.416. The van der Waals surface area contributed by atoms with Crippen LogP contribution in [0.15, 0.2) is 0 Å². The number of nitrogens with zero attached hydrogens (tertiary/aromatic N) is 2. The summed E-state index contributed by atoms with van der Waals surface area (Å²) < 4.78 is 0. The maximum Gasteiger partial charge on any atom is 0.239 e. The van der Waals surface area contributed by atoms with Gasteiger partial charge in [-0.3, -0.25) is 9.59 Å². The van der Waals surface area contributed by atoms with Gasteiger partial charge in [-0.25, -0.2) is 0 Å². The predicted molar refractivity (Wildman–Crippen MR) is 100 cm³/mol. The lowest BCUT2D eigenvalue weighted by Crippen LogP contribution is -2.51. The van der Waals surface area contributed by atoms with E-state index in [-0.39, 0.29) is 23.7 Å². The van der Waals surface area contributed by atoms with Crippen LogP contribution in [0.1, 0.15) is 52.4 Å². The van der Waals surface area contributed by atoms with Gasteiger partial charge in [0.25, 0.3) is 0 Å². The van der Waals surface area contributed by atoms with Crippen LogP contribution in [0.2, 0.25) is 0 Å². The molecule has 2 aliphatic heterocycles. The first-order valence-electron chi connectivity index (χ1n) is 10.1. The van der Waals surface area contributed by atoms with Crippen molar-refractivity contribution in [1.82, 2.24) is 15.1 Å². The van der Waals surface area contributed by atoms with Crippen molar-refractivity contribution in [2.75, 3.05) is 39.3 Å². The molecule has 0 bridgehead atoms. The van der Waals surface area contributed by atoms with E-state index in [9.17, 15) is 9.59 Å². The molecule has 0 aromatic heterocycles. The van der Waals surface area contributed by atoms with Crippen molar-refractivity contribution in [2.24, 2.45) is 17.6 Å². The quantitative estimate of drug-likeness (QED) is 0.644. The molecule has 2 aliphatic rings. The first-order valence-corrected chi connectivity index (χ1v) is 10.1. The van der Waals surface area contributed by atoms with Gasteiger partial charge in [0, 0.05) is 25.6 Å². The molecular formula is C19H36N4O2. The molecule has 144 valence electrons. The van der Waals surface area contributed by atoms with Gasteiger partial charge in [0.05, 0.1) is 6.04 Å². The summed E-state index contributed by atoms with van der Waals surface area (Å²) in [4.78, 5) is 29.0. The topological polar surface area (TPSA) is 78.7 Å². The summed E-state index contributed by atoms with van der Waals surface area (Å²) in [6.45, 7) is 9.62. The zero-order valence-electron chi connectivity index (χ0n) is 16.0. The first-order chi connectivity index (χ1) is 12.0. The lowest BCUT2D eigenvalue weighted by molar-refractivity contribution is -0.137. The summed E-state index contributed by atoms with van der Waals surface area (Å²) in [5, 5.41) is 3.08. The van der Waals surface area contributed by atoms with Crippen LogP contribution in [-0.2, 0) is 9.59 Å². The van der Waals surface area contributed by atoms with Crippen LogP contribution >= 0.6 is 0 Å². The molecular weight excluding hydrogens is 316 g/mol. The Hall–Kier alpha value is -1.14. The molecule has 2 saturated heterocycles. The highest BCUT2D eigenvalue weighted by atomic mass is 16.2. The summed E-state index contributed by atoms with van der Waals surface area (Å²) in [5.41, 5.74) is 6.05. The molecule has 2 fully saturated rings. The third-order valence-electron chi connectivity index (χ3n) is 5.87. The van der Waals surface area contributed by atoms with Crippen LogP contribution in [0, 0.1) is 11.8 Å². The SMILES string of the molecule is CCC(C)C(N)C(=O)N1CCC(C(=O)NCCCN2CCCC2)CC1. The summed E-state index contributed by atoms with van der Waals surface area (Å²) in [6, 6.07) is -0.416. The molecule has 3 N–H and O–H groups in total. The van der Waals surface area contributed by atoms with Gasteiger partial charge in [0.15, 0.2) is 0 Å². The van der Waals surface area contributed by atoms with E-state index < -0.39 is 6.04 Å². The van der Waals surface area contributed by atoms with Crippen molar-refractivity contribution in [1.29, 1.82) is 0 Å². The van der Waals surface area contributed by atoms with Gasteiger partial charge in [-0.2, -0.15) is 0 Å². The minimum absolute atomic E-state index is 0.0376. The fraction of sp³-hybridized carbons (Fsp3) is 0.895. The van der Waals surface area contributed by atoms with E-state index in [2.05, 4.69) is 17.1 Å². The monoisotopic (exact) mass is 352 g/mol. The van der Waals surface area contributed by atoms with Gasteiger partial charge in [0.1, 0.15) is 0 Å². The van der Waals surface area contributed by atoms with E-state index in [1.54, 1.807) is 0 Å². The van der Waals surface area contributed by atoms with E-state index in [1.807, 2.05) is 11.8 Å². The number of nitrogens with two attached hydrogens (primary N) is 1. The van der Waals surface area contributed by atoms with Crippen LogP contribution in [0.3, 0.4) is 0 Å². The van der Waals surface area contributed by atoms with Crippen molar-refractivity contribution < 1.29 is 9.59 Å². The number of amides is 2. The van der Waals surface area contributed by atoms with Gasteiger partial charge in [0.2, 0.25) is 11.8 Å². The fourth-order valence-corrected chi connectivity index (χ4v) is 3.74. The van der Waals surface area contributed by atoms with E-state index in [0.717, 1.165) is 38.8 Å². The Morgan fingerprint density at radius 1 is 1.16 bits per heavy atom. The van der Waals surface area contributed by atoms with Crippen LogP contribution in [0.25, 0.3) is 0 Å². The van der Waals surface area contributed by atoms with Crippen LogP contribution in [0.5, 0.6) is 0 Å². The Morgan fingerprint density at radius 2 is 1.80 bits per heavy atom. The second kappa shape index (κ2) is 10.1. The van der Waals surface area contributed by atoms with Crippen LogP contribution < -0.4 is 11.1 Å². The smallest absolute Gasteiger partial charge is 0.239 e. The Morgan fingerprint density at radius 3 is 2.40 bits per heavy atom. The molecule has 0 aromatic carbocycles. The second-order valence-corrected chi connectivity index (χ2v) is 7.70. The molecule has 2 atom stereocenters. The predicted octanol–water partition coefficient (Wildman–Crippen LogP) is 1.20. The average Bonchev–Trinajstić information content (AvgIpc) is 3.16. The fourth-order valence-electron chi connectivity index (χ4n) is 3.74. The molecule has 25 heavy (non-hydrogen) atoms. The molecule has 2 heterocycles. The van der Waals surface area contributed by atoms with Gasteiger partial charge in [-0.15, -0.1) is 0 Å². The number of carbonyl (C=O) groups excluding carboxylic acids is 2. The maximum atomic E-state index is 12.4. The molecule has 2 rings (SSSR count). The molecule has 0 saturated carbocycles. The maximum absolute atomic E-state index is 12.4. The highest BCUT2D eigenvalue weighted by Crippen LogP contribution is 2.19. The number of likely N-dealkylation sites (tertiary alicyclic amines) is 2. The molecule has 0 radical (unpaired) electrons. The van der Waals surface area contributed by atoms with Crippen molar-refractivity contribution in [3.8, 4) is 0 Å². The van der Waals surface area contributed by atoms with Gasteiger partial charge in [-0.1, -0.05) is 20.3 Å². The summed E-state index contributed by atoms with van der Waals surface area (Å²) in [5.74, 6) is 0.429. The van der Waals surface area contributed by atoms with Crippen molar-refractivity contribution in [3.05, 3.63) is 0 Å². The van der Waals surface area contributed by atoms with Crippen LogP contribution in [-0.4, -0.2) is 66.9 Å². The van der Waals surface area contributed by atoms with E-state index in [0.29, 0.717) is 13.1 Å². The standard InChI is InChI=1S/C19H36N4O2/c1-3-15(2)17(20)19(25)23-13-7-16(8-14-23)18(24)21-9-6-12-22-10-4-5-11-22/h15-17H,3-14,20H2,1-2H3,(H,21,24). The second-order valence-electron chi connectivity index (χ2n) is 7.70. The lowest BCUT2D eigenvalue weighted by atomic mass is 9.93. The van der Waals surface area contributed by atoms with Crippen molar-refractivity contribution in [3.63, 3.8) is 0 Å². The number of hydrogen-bond donors (Lipinski definition) is 2. The largest absolute Gasteiger partial charge is 0.356 e. The van der Waals surface area contributed by atoms with E-state index in [4.69, 9.17) is 5.73 Å². The molecule has 6 heteroatoms. The molecule has 0 spiro atoms. The molecule has 6 nitrogen and oxygen atoms in total. The average molecular weight is 353 g/mol. The Kier molecular flexibility index (Phi) is 8.16. The van der Waals surface area contributed by atoms with Gasteiger partial charge >= 0.3 is 0 Å². The van der Waals surface area contributed by atoms with Crippen LogP contribution in [0.4, 0.5) is 0 Å². The zero-order chi connectivity index (χ0) is 18.2. The molecule has 0 aromatic rings. The number of carbonyl (C=O) groups is 2. The molecule has 2 unspecified atom stereocenters. The van der Waals surface area contributed by atoms with Gasteiger partial charge in [-0.05, 0) is 57.7 Å². The zero-order valence-corrected chi connectivity index (χ0v) is 16.0. The number of nitrogens with one attached hydrogen (secondary N) is 1. The summed E-state index contributed by atoms with van der Waals surface area (Å²) >= 11 is 0. The Balaban J connectivity index is 1.63. The van der Waals surface area contributed by atoms with E-state index >= 15 is 0 Å². The third-order valence-corrected chi connectivity index (χ3v) is 5.87. The molecule has 0 aliphatic carbocycles. The highest BCUT2D eigenvalue weighted by molar-refractivity contribution is 5.83. The number of hydrogen-bond acceptors (Lipinski definition) is 4. The number of piperidine rings is 1. The summed E-state index contributed by atoms with van der Waals surface area (Å²) in [7, 11) is 0. The Labute approximate surface area is 152 Å². The van der Waals surface area contributed by atoms with Crippen molar-refractivity contribution in [2.45, 2.75) is 58.4 Å². The number of rotatable bonds is 8. The Bertz CT molecular complexity index is 429. The minimum Gasteiger partial charge on any atom is -0.356 e. The lowest BCUT2D eigenvalue weighted by Gasteiger charge is -2.34. The normalized spacial score (nSPS) is 22.0. The first kappa shape index (κ1) is 20.2. The van der Waals surface area contributed by atoms with Gasteiger partial charge < -0.3 is 20.9 Å². The van der Waals surface area contributed by atoms with Crippen molar-refractivity contribution >= 4 is 11.8 Å². The summed E-state index contributed by atoms with van der Waals surface area (Å²) in [6.07, 6.45) is 6.04.